The molecule has 0 saturated carbocycles. The highest BCUT2D eigenvalue weighted by Gasteiger charge is 2.50. The molecule has 0 spiro atoms. The zero-order valence-electron chi connectivity index (χ0n) is 32.2. The summed E-state index contributed by atoms with van der Waals surface area (Å²) in [6.07, 6.45) is 1.09. The van der Waals surface area contributed by atoms with Crippen molar-refractivity contribution in [3.05, 3.63) is 0 Å². The van der Waals surface area contributed by atoms with Crippen LogP contribution in [0.1, 0.15) is 80.1 Å². The lowest BCUT2D eigenvalue weighted by atomic mass is 10.0. The highest BCUT2D eigenvalue weighted by atomic mass is 32.3. The van der Waals surface area contributed by atoms with E-state index in [9.17, 15) is 42.4 Å². The number of urea groups is 2. The van der Waals surface area contributed by atoms with Gasteiger partial charge in [0.15, 0.2) is 0 Å². The van der Waals surface area contributed by atoms with Crippen LogP contribution in [0.3, 0.4) is 0 Å². The molecule has 6 rings (SSSR count). The Bertz CT molecular complexity index is 1640. The van der Waals surface area contributed by atoms with Crippen LogP contribution in [-0.4, -0.2) is 171 Å². The van der Waals surface area contributed by atoms with Gasteiger partial charge in [0.25, 0.3) is 11.8 Å². The van der Waals surface area contributed by atoms with Crippen LogP contribution < -0.4 is 11.0 Å². The first-order valence-electron chi connectivity index (χ1n) is 18.4. The second-order valence-electron chi connectivity index (χ2n) is 16.4. The first-order chi connectivity index (χ1) is 26.0. The summed E-state index contributed by atoms with van der Waals surface area (Å²) in [6.45, 7) is 12.6. The summed E-state index contributed by atoms with van der Waals surface area (Å²) in [7, 11) is -4.85. The quantitative estimate of drug-likeness (QED) is 0.150. The average molecular weight is 821 g/mol. The lowest BCUT2D eigenvalue weighted by Crippen LogP contribution is -2.50. The number of carbonyl (C=O) groups is 6. The van der Waals surface area contributed by atoms with E-state index in [0.29, 0.717) is 68.4 Å². The van der Waals surface area contributed by atoms with E-state index in [-0.39, 0.29) is 31.7 Å². The standard InChI is InChI=1S/C16H26N4O9S.C16H26N4O6/c1-16(2,3)27-15(23)18-7-6-11(9-18)28-17-13(21)12-5-4-10-8-19(12)14(22)20(10)29-30(24,25)26;1-16(2,3)25-15(23)18-7-6-11(9-18)26-17-13(21)12-5-4-10-8-19(12)14(22)20(10)24/h10-12H,4-9H2,1-3H3,(H,17,21)(H,24,25,26);10-12,24H,4-9H2,1-3H3,(H,17,21)/t2*10-,11+,12+/m11/s1. The fraction of sp³-hybridized carbons (Fsp3) is 0.812. The zero-order valence-corrected chi connectivity index (χ0v) is 33.1. The number of fused-ring (bicyclic) bond motifs is 4. The van der Waals surface area contributed by atoms with Gasteiger partial charge in [-0.25, -0.2) is 35.2 Å². The van der Waals surface area contributed by atoms with E-state index >= 15 is 0 Å². The Morgan fingerprint density at radius 2 is 1.09 bits per heavy atom. The number of piperidine rings is 2. The molecule has 6 saturated heterocycles. The molecule has 6 aliphatic heterocycles. The number of rotatable bonds is 8. The van der Waals surface area contributed by atoms with E-state index in [0.717, 1.165) is 0 Å². The summed E-state index contributed by atoms with van der Waals surface area (Å²) in [5.41, 5.74) is 3.56. The largest absolute Gasteiger partial charge is 0.444 e. The number of nitrogens with zero attached hydrogens (tertiary/aromatic N) is 6. The smallest absolute Gasteiger partial charge is 0.418 e. The molecule has 0 aliphatic carbocycles. The second kappa shape index (κ2) is 16.7. The second-order valence-corrected chi connectivity index (χ2v) is 17.4. The molecule has 6 fully saturated rings. The SMILES string of the molecule is CC(C)(C)OC(=O)N1CC[C@H](ONC(=O)[C@@H]2CC[C@@H]3CN2C(=O)N3O)C1.CC(C)(C)OC(=O)N1CC[C@H](ONC(=O)[C@@H]2CC[C@@H]3CN2C(=O)N3OS(=O)(=O)O)C1. The maximum atomic E-state index is 12.5. The molecule has 56 heavy (non-hydrogen) atoms. The van der Waals surface area contributed by atoms with Crippen molar-refractivity contribution in [2.24, 2.45) is 0 Å². The minimum absolute atomic E-state index is 0.0856. The maximum Gasteiger partial charge on any atom is 0.418 e. The predicted molar refractivity (Wildman–Crippen MR) is 187 cm³/mol. The molecule has 0 aromatic heterocycles. The van der Waals surface area contributed by atoms with E-state index in [4.69, 9.17) is 23.7 Å². The zero-order chi connectivity index (χ0) is 41.3. The van der Waals surface area contributed by atoms with Crippen LogP contribution in [0.15, 0.2) is 0 Å². The van der Waals surface area contributed by atoms with Gasteiger partial charge in [-0.1, -0.05) is 0 Å². The van der Waals surface area contributed by atoms with Gasteiger partial charge in [-0.15, -0.1) is 4.28 Å². The average Bonchev–Trinajstić information content (AvgIpc) is 3.87. The summed E-state index contributed by atoms with van der Waals surface area (Å²) in [6, 6.07) is -3.73. The van der Waals surface area contributed by atoms with Crippen LogP contribution in [0.4, 0.5) is 19.2 Å². The number of nitrogens with one attached hydrogen (secondary N) is 2. The number of ether oxygens (including phenoxy) is 2. The third-order valence-electron chi connectivity index (χ3n) is 9.69. The maximum absolute atomic E-state index is 12.5. The number of amides is 8. The fourth-order valence-electron chi connectivity index (χ4n) is 7.08. The molecule has 6 atom stereocenters. The third kappa shape index (κ3) is 10.8. The van der Waals surface area contributed by atoms with Crippen LogP contribution in [-0.2, 0) is 43.4 Å². The Balaban J connectivity index is 0.000000216. The van der Waals surface area contributed by atoms with Gasteiger partial charge in [0.05, 0.1) is 25.2 Å². The van der Waals surface area contributed by atoms with Gasteiger partial charge in [0, 0.05) is 26.2 Å². The van der Waals surface area contributed by atoms with E-state index < -0.39 is 81.9 Å². The van der Waals surface area contributed by atoms with E-state index in [1.54, 1.807) is 46.4 Å². The van der Waals surface area contributed by atoms with Crippen LogP contribution in [0, 0.1) is 0 Å². The van der Waals surface area contributed by atoms with Crippen molar-refractivity contribution in [1.29, 1.82) is 0 Å². The lowest BCUT2D eigenvalue weighted by Gasteiger charge is -2.29. The Morgan fingerprint density at radius 3 is 1.54 bits per heavy atom. The number of hydroxylamine groups is 6. The monoisotopic (exact) mass is 820 g/mol. The van der Waals surface area contributed by atoms with E-state index in [1.807, 2.05) is 0 Å². The summed E-state index contributed by atoms with van der Waals surface area (Å²) in [5.74, 6) is -0.978. The number of likely N-dealkylation sites (tertiary alicyclic amines) is 2. The summed E-state index contributed by atoms with van der Waals surface area (Å²) >= 11 is 0. The summed E-state index contributed by atoms with van der Waals surface area (Å²) in [5, 5.41) is 10.9. The molecule has 0 unspecified atom stereocenters. The Hall–Kier alpha value is -4.23. The fourth-order valence-corrected chi connectivity index (χ4v) is 7.47. The van der Waals surface area contributed by atoms with Gasteiger partial charge in [0.2, 0.25) is 0 Å². The molecule has 8 amide bonds. The third-order valence-corrected chi connectivity index (χ3v) is 10.0. The molecule has 4 N–H and O–H groups in total. The first kappa shape index (κ1) is 42.9. The van der Waals surface area contributed by atoms with Crippen molar-refractivity contribution in [3.63, 3.8) is 0 Å². The molecule has 0 aromatic carbocycles. The van der Waals surface area contributed by atoms with Crippen molar-refractivity contribution in [3.8, 4) is 0 Å². The Kier molecular flexibility index (Phi) is 12.8. The summed E-state index contributed by atoms with van der Waals surface area (Å²) in [4.78, 5) is 89.7. The Morgan fingerprint density at radius 1 is 0.661 bits per heavy atom. The molecule has 4 bridgehead atoms. The number of carbonyl (C=O) groups excluding carboxylic acids is 6. The van der Waals surface area contributed by atoms with Crippen LogP contribution in [0.2, 0.25) is 0 Å². The molecule has 0 radical (unpaired) electrons. The van der Waals surface area contributed by atoms with Crippen molar-refractivity contribution in [2.75, 3.05) is 39.3 Å². The molecule has 316 valence electrons. The van der Waals surface area contributed by atoms with E-state index in [2.05, 4.69) is 15.2 Å². The van der Waals surface area contributed by atoms with E-state index in [1.165, 1.54) is 14.7 Å². The minimum Gasteiger partial charge on any atom is -0.444 e. The van der Waals surface area contributed by atoms with Crippen LogP contribution in [0.5, 0.6) is 0 Å². The number of hydrogen-bond donors (Lipinski definition) is 4. The molecular formula is C32H52N8O15S. The normalized spacial score (nSPS) is 27.6. The minimum atomic E-state index is -4.85. The summed E-state index contributed by atoms with van der Waals surface area (Å²) < 4.78 is 45.6. The van der Waals surface area contributed by atoms with Gasteiger partial charge in [-0.2, -0.15) is 13.5 Å². The topological polar surface area (TPSA) is 267 Å². The van der Waals surface area contributed by atoms with Crippen molar-refractivity contribution >= 4 is 46.5 Å². The highest BCUT2D eigenvalue weighted by Crippen LogP contribution is 2.31. The molecule has 23 nitrogen and oxygen atoms in total. The van der Waals surface area contributed by atoms with Crippen molar-refractivity contribution in [2.45, 2.75) is 128 Å². The van der Waals surface area contributed by atoms with Gasteiger partial charge in [-0.05, 0) is 80.1 Å². The molecule has 6 heterocycles. The van der Waals surface area contributed by atoms with Gasteiger partial charge in [-0.3, -0.25) is 29.0 Å². The molecule has 0 aromatic rings. The molecule has 24 heteroatoms. The highest BCUT2D eigenvalue weighted by molar-refractivity contribution is 7.80. The van der Waals surface area contributed by atoms with Gasteiger partial charge in [0.1, 0.15) is 35.5 Å². The molecule has 6 aliphatic rings. The predicted octanol–water partition coefficient (Wildman–Crippen LogP) is 0.748. The van der Waals surface area contributed by atoms with Gasteiger partial charge >= 0.3 is 34.6 Å². The Labute approximate surface area is 324 Å². The van der Waals surface area contributed by atoms with Crippen molar-refractivity contribution in [1.82, 2.24) is 40.7 Å². The van der Waals surface area contributed by atoms with Crippen molar-refractivity contribution < 1.29 is 70.4 Å². The van der Waals surface area contributed by atoms with Crippen LogP contribution in [0.25, 0.3) is 0 Å². The molecular weight excluding hydrogens is 768 g/mol. The lowest BCUT2D eigenvalue weighted by molar-refractivity contribution is -0.143. The van der Waals surface area contributed by atoms with Crippen LogP contribution >= 0.6 is 0 Å². The number of hydrogen-bond acceptors (Lipinski definition) is 14. The van der Waals surface area contributed by atoms with Gasteiger partial charge < -0.3 is 29.1 Å². The first-order valence-corrected chi connectivity index (χ1v) is 19.8.